The molecule has 1 N–H and O–H groups in total. The summed E-state index contributed by atoms with van der Waals surface area (Å²) in [4.78, 5) is 27.8. The number of hydrogen-bond donors (Lipinski definition) is 1. The lowest BCUT2D eigenvalue weighted by Gasteiger charge is -2.37. The molecule has 0 atom stereocenters. The molecule has 2 aliphatic heterocycles. The number of aromatic nitrogens is 1. The van der Waals surface area contributed by atoms with Gasteiger partial charge in [-0.1, -0.05) is 18.2 Å². The second-order valence-corrected chi connectivity index (χ2v) is 7.67. The fraction of sp³-hybridized carbons (Fsp3) is 0.500. The van der Waals surface area contributed by atoms with E-state index in [1.54, 1.807) is 13.3 Å². The van der Waals surface area contributed by atoms with Crippen LogP contribution in [0.4, 0.5) is 0 Å². The lowest BCUT2D eigenvalue weighted by molar-refractivity contribution is -0.136. The highest BCUT2D eigenvalue weighted by molar-refractivity contribution is 14.0. The van der Waals surface area contributed by atoms with Crippen LogP contribution in [0.2, 0.25) is 0 Å². The van der Waals surface area contributed by atoms with Crippen LogP contribution in [-0.2, 0) is 16.1 Å². The molecule has 2 saturated heterocycles. The first-order valence-electron chi connectivity index (χ1n) is 10.8. The number of nitrogens with one attached hydrogen (secondary N) is 1. The highest BCUT2D eigenvalue weighted by Gasteiger charge is 2.24. The number of aliphatic imine (C=N–C) groups is 1. The predicted molar refractivity (Wildman–Crippen MR) is 133 cm³/mol. The van der Waals surface area contributed by atoms with Gasteiger partial charge in [0.05, 0.1) is 32.0 Å². The molecule has 0 spiro atoms. The zero-order valence-electron chi connectivity index (χ0n) is 18.4. The van der Waals surface area contributed by atoms with Crippen molar-refractivity contribution >= 4 is 35.8 Å². The van der Waals surface area contributed by atoms with Gasteiger partial charge in [0, 0.05) is 51.9 Å². The van der Waals surface area contributed by atoms with Crippen molar-refractivity contribution in [1.82, 2.24) is 25.0 Å². The highest BCUT2D eigenvalue weighted by Crippen LogP contribution is 2.17. The van der Waals surface area contributed by atoms with Crippen LogP contribution in [0, 0.1) is 0 Å². The lowest BCUT2D eigenvalue weighted by atomic mass is 10.2. The first-order chi connectivity index (χ1) is 15.2. The quantitative estimate of drug-likeness (QED) is 0.341. The minimum absolute atomic E-state index is 0. The number of ether oxygens (including phenoxy) is 1. The number of halogens is 1. The van der Waals surface area contributed by atoms with E-state index in [0.717, 1.165) is 43.4 Å². The Morgan fingerprint density at radius 1 is 1.06 bits per heavy atom. The molecule has 0 bridgehead atoms. The van der Waals surface area contributed by atoms with Crippen molar-refractivity contribution in [2.75, 3.05) is 66.1 Å². The van der Waals surface area contributed by atoms with E-state index in [1.165, 1.54) is 0 Å². The number of piperazine rings is 1. The van der Waals surface area contributed by atoms with Gasteiger partial charge in [0.2, 0.25) is 11.8 Å². The normalized spacial score (nSPS) is 17.7. The molecule has 0 radical (unpaired) electrons. The second kappa shape index (κ2) is 12.2. The Bertz CT molecular complexity index is 877. The number of carbonyl (C=O) groups excluding carboxylic acids is 1. The van der Waals surface area contributed by atoms with E-state index in [1.807, 2.05) is 35.2 Å². The molecule has 0 unspecified atom stereocenters. The molecular formula is C22H31IN6O3. The van der Waals surface area contributed by atoms with E-state index in [9.17, 15) is 4.79 Å². The summed E-state index contributed by atoms with van der Waals surface area (Å²) in [7, 11) is 1.79. The standard InChI is InChI=1S/C22H30N6O3.HI/c1-23-22(24-15-19-17-31-21(25-19)18-5-3-2-4-6-18)28-9-7-26(8-10-28)16-20(29)27-11-13-30-14-12-27;/h2-6,17H,7-16H2,1H3,(H,23,24);1H. The Hall–Kier alpha value is -2.18. The van der Waals surface area contributed by atoms with Crippen LogP contribution in [0.15, 0.2) is 46.0 Å². The molecule has 2 fully saturated rings. The number of nitrogens with zero attached hydrogens (tertiary/aromatic N) is 5. The number of oxazole rings is 1. The molecule has 1 amide bonds. The third kappa shape index (κ3) is 6.42. The molecule has 4 rings (SSSR count). The Balaban J connectivity index is 0.00000289. The van der Waals surface area contributed by atoms with Crippen molar-refractivity contribution < 1.29 is 13.9 Å². The van der Waals surface area contributed by atoms with Gasteiger partial charge in [0.15, 0.2) is 5.96 Å². The maximum absolute atomic E-state index is 12.5. The van der Waals surface area contributed by atoms with Crippen molar-refractivity contribution in [2.24, 2.45) is 4.99 Å². The molecule has 1 aromatic heterocycles. The van der Waals surface area contributed by atoms with Gasteiger partial charge >= 0.3 is 0 Å². The largest absolute Gasteiger partial charge is 0.444 e. The maximum atomic E-state index is 12.5. The van der Waals surface area contributed by atoms with Crippen LogP contribution in [0.1, 0.15) is 5.69 Å². The lowest BCUT2D eigenvalue weighted by Crippen LogP contribution is -2.54. The van der Waals surface area contributed by atoms with Crippen LogP contribution in [0.5, 0.6) is 0 Å². The number of hydrogen-bond acceptors (Lipinski definition) is 6. The molecule has 3 heterocycles. The van der Waals surface area contributed by atoms with E-state index in [0.29, 0.717) is 45.3 Å². The zero-order chi connectivity index (χ0) is 21.5. The van der Waals surface area contributed by atoms with E-state index >= 15 is 0 Å². The van der Waals surface area contributed by atoms with Crippen molar-refractivity contribution in [3.8, 4) is 11.5 Å². The summed E-state index contributed by atoms with van der Waals surface area (Å²) in [5.74, 6) is 1.65. The van der Waals surface area contributed by atoms with Crippen molar-refractivity contribution in [2.45, 2.75) is 6.54 Å². The van der Waals surface area contributed by atoms with Gasteiger partial charge in [0.25, 0.3) is 0 Å². The molecule has 2 aromatic rings. The molecule has 9 nitrogen and oxygen atoms in total. The van der Waals surface area contributed by atoms with Crippen molar-refractivity contribution in [1.29, 1.82) is 0 Å². The van der Waals surface area contributed by atoms with E-state index in [4.69, 9.17) is 9.15 Å². The molecule has 2 aliphatic rings. The topological polar surface area (TPSA) is 86.4 Å². The summed E-state index contributed by atoms with van der Waals surface area (Å²) in [6.45, 7) is 7.00. The molecule has 32 heavy (non-hydrogen) atoms. The molecule has 10 heteroatoms. The fourth-order valence-electron chi connectivity index (χ4n) is 3.83. The second-order valence-electron chi connectivity index (χ2n) is 7.67. The van der Waals surface area contributed by atoms with Gasteiger partial charge < -0.3 is 24.3 Å². The number of rotatable bonds is 5. The van der Waals surface area contributed by atoms with Crippen LogP contribution >= 0.6 is 24.0 Å². The monoisotopic (exact) mass is 554 g/mol. The van der Waals surface area contributed by atoms with Gasteiger partial charge in [0.1, 0.15) is 6.26 Å². The average molecular weight is 554 g/mol. The number of amides is 1. The van der Waals surface area contributed by atoms with Gasteiger partial charge in [-0.2, -0.15) is 0 Å². The summed E-state index contributed by atoms with van der Waals surface area (Å²) in [5, 5.41) is 3.37. The highest BCUT2D eigenvalue weighted by atomic mass is 127. The van der Waals surface area contributed by atoms with Crippen LogP contribution in [-0.4, -0.2) is 97.6 Å². The predicted octanol–water partition coefficient (Wildman–Crippen LogP) is 1.51. The van der Waals surface area contributed by atoms with E-state index < -0.39 is 0 Å². The summed E-state index contributed by atoms with van der Waals surface area (Å²) < 4.78 is 10.9. The van der Waals surface area contributed by atoms with Crippen LogP contribution in [0.25, 0.3) is 11.5 Å². The number of carbonyl (C=O) groups is 1. The minimum atomic E-state index is 0. The van der Waals surface area contributed by atoms with Gasteiger partial charge in [-0.25, -0.2) is 4.98 Å². The zero-order valence-corrected chi connectivity index (χ0v) is 20.7. The summed E-state index contributed by atoms with van der Waals surface area (Å²) in [6.07, 6.45) is 1.68. The smallest absolute Gasteiger partial charge is 0.236 e. The Labute approximate surface area is 205 Å². The Kier molecular flexibility index (Phi) is 9.30. The SMILES string of the molecule is CN=C(NCc1coc(-c2ccccc2)n1)N1CCN(CC(=O)N2CCOCC2)CC1.I. The Morgan fingerprint density at radius 2 is 1.78 bits per heavy atom. The van der Waals surface area contributed by atoms with E-state index in [2.05, 4.69) is 25.1 Å². The summed E-state index contributed by atoms with van der Waals surface area (Å²) in [5.41, 5.74) is 1.79. The summed E-state index contributed by atoms with van der Waals surface area (Å²) in [6, 6.07) is 9.86. The molecule has 0 saturated carbocycles. The van der Waals surface area contributed by atoms with Crippen molar-refractivity contribution in [3.05, 3.63) is 42.3 Å². The summed E-state index contributed by atoms with van der Waals surface area (Å²) >= 11 is 0. The third-order valence-corrected chi connectivity index (χ3v) is 5.61. The van der Waals surface area contributed by atoms with Crippen molar-refractivity contribution in [3.63, 3.8) is 0 Å². The van der Waals surface area contributed by atoms with Gasteiger partial charge in [-0.3, -0.25) is 14.7 Å². The molecule has 0 aliphatic carbocycles. The number of guanidine groups is 1. The Morgan fingerprint density at radius 3 is 2.47 bits per heavy atom. The molecule has 174 valence electrons. The van der Waals surface area contributed by atoms with E-state index in [-0.39, 0.29) is 29.9 Å². The van der Waals surface area contributed by atoms with Gasteiger partial charge in [-0.05, 0) is 12.1 Å². The molecular weight excluding hydrogens is 523 g/mol. The number of morpholine rings is 1. The first-order valence-corrected chi connectivity index (χ1v) is 10.8. The average Bonchev–Trinajstić information content (AvgIpc) is 3.31. The van der Waals surface area contributed by atoms with Gasteiger partial charge in [-0.15, -0.1) is 24.0 Å². The van der Waals surface area contributed by atoms with Crippen LogP contribution < -0.4 is 5.32 Å². The third-order valence-electron chi connectivity index (χ3n) is 5.61. The van der Waals surface area contributed by atoms with Crippen LogP contribution in [0.3, 0.4) is 0 Å². The maximum Gasteiger partial charge on any atom is 0.236 e. The number of benzene rings is 1. The first kappa shape index (κ1) is 24.5. The fourth-order valence-corrected chi connectivity index (χ4v) is 3.83. The molecule has 1 aromatic carbocycles. The minimum Gasteiger partial charge on any atom is -0.444 e.